The van der Waals surface area contributed by atoms with Crippen LogP contribution in [0.2, 0.25) is 0 Å². The third-order valence-corrected chi connectivity index (χ3v) is 2.86. The zero-order valence-corrected chi connectivity index (χ0v) is 10.9. The monoisotopic (exact) mass is 255 g/mol. The van der Waals surface area contributed by atoms with E-state index in [2.05, 4.69) is 4.98 Å². The summed E-state index contributed by atoms with van der Waals surface area (Å²) < 4.78 is 13.5. The molecule has 0 aliphatic rings. The molecular weight excluding hydrogens is 241 g/mol. The summed E-state index contributed by atoms with van der Waals surface area (Å²) in [6.07, 6.45) is 0. The fraction of sp³-hybridized carbons (Fsp3) is 0.200. The summed E-state index contributed by atoms with van der Waals surface area (Å²) in [6, 6.07) is 12.3. The van der Waals surface area contributed by atoms with E-state index in [0.717, 1.165) is 11.4 Å². The van der Waals surface area contributed by atoms with Crippen LogP contribution >= 0.6 is 0 Å². The van der Waals surface area contributed by atoms with Gasteiger partial charge in [0, 0.05) is 12.7 Å². The van der Waals surface area contributed by atoms with Crippen LogP contribution in [0, 0.1) is 24.1 Å². The molecule has 0 amide bonds. The first-order valence-electron chi connectivity index (χ1n) is 5.94. The van der Waals surface area contributed by atoms with Crippen LogP contribution < -0.4 is 4.90 Å². The number of hydrogen-bond donors (Lipinski definition) is 0. The molecule has 3 nitrogen and oxygen atoms in total. The maximum atomic E-state index is 13.5. The molecule has 4 heteroatoms. The molecular formula is C15H14FN3. The number of aryl methyl sites for hydroxylation is 1. The Labute approximate surface area is 111 Å². The van der Waals surface area contributed by atoms with Gasteiger partial charge in [-0.15, -0.1) is 0 Å². The van der Waals surface area contributed by atoms with E-state index in [-0.39, 0.29) is 5.56 Å². The molecule has 0 unspecified atom stereocenters. The van der Waals surface area contributed by atoms with E-state index < -0.39 is 5.82 Å². The minimum Gasteiger partial charge on any atom is -0.368 e. The van der Waals surface area contributed by atoms with Crippen LogP contribution in [0.1, 0.15) is 17.0 Å². The lowest BCUT2D eigenvalue weighted by Gasteiger charge is -2.20. The van der Waals surface area contributed by atoms with Gasteiger partial charge < -0.3 is 4.90 Å². The van der Waals surface area contributed by atoms with E-state index in [0.29, 0.717) is 12.2 Å². The first kappa shape index (κ1) is 13.0. The predicted molar refractivity (Wildman–Crippen MR) is 72.2 cm³/mol. The Bertz CT molecular complexity index is 632. The highest BCUT2D eigenvalue weighted by atomic mass is 19.1. The van der Waals surface area contributed by atoms with Gasteiger partial charge in [0.2, 0.25) is 0 Å². The van der Waals surface area contributed by atoms with Gasteiger partial charge in [0.25, 0.3) is 0 Å². The number of anilines is 1. The van der Waals surface area contributed by atoms with Gasteiger partial charge >= 0.3 is 0 Å². The smallest absolute Gasteiger partial charge is 0.143 e. The van der Waals surface area contributed by atoms with E-state index in [1.165, 1.54) is 6.07 Å². The SMILES string of the molecule is Cc1cccc(CN(C)c2cccc(F)c2C#N)n1. The second-order valence-corrected chi connectivity index (χ2v) is 4.37. The fourth-order valence-corrected chi connectivity index (χ4v) is 1.96. The van der Waals surface area contributed by atoms with Crippen molar-refractivity contribution in [2.45, 2.75) is 13.5 Å². The van der Waals surface area contributed by atoms with E-state index in [4.69, 9.17) is 5.26 Å². The summed E-state index contributed by atoms with van der Waals surface area (Å²) in [5.74, 6) is -0.496. The van der Waals surface area contributed by atoms with Crippen LogP contribution in [0.3, 0.4) is 0 Å². The van der Waals surface area contributed by atoms with Crippen LogP contribution in [0.25, 0.3) is 0 Å². The average molecular weight is 255 g/mol. The number of hydrogen-bond acceptors (Lipinski definition) is 3. The van der Waals surface area contributed by atoms with Crippen LogP contribution in [-0.2, 0) is 6.54 Å². The van der Waals surface area contributed by atoms with Gasteiger partial charge in [-0.25, -0.2) is 4.39 Å². The molecule has 0 radical (unpaired) electrons. The third kappa shape index (κ3) is 2.89. The molecule has 0 aliphatic heterocycles. The summed E-state index contributed by atoms with van der Waals surface area (Å²) in [7, 11) is 1.82. The van der Waals surface area contributed by atoms with Gasteiger partial charge in [-0.3, -0.25) is 4.98 Å². The summed E-state index contributed by atoms with van der Waals surface area (Å²) in [4.78, 5) is 6.22. The summed E-state index contributed by atoms with van der Waals surface area (Å²) >= 11 is 0. The number of aromatic nitrogens is 1. The highest BCUT2D eigenvalue weighted by molar-refractivity contribution is 5.59. The molecule has 0 fully saturated rings. The van der Waals surface area contributed by atoms with Crippen LogP contribution in [0.5, 0.6) is 0 Å². The Morgan fingerprint density at radius 3 is 2.68 bits per heavy atom. The Morgan fingerprint density at radius 1 is 1.26 bits per heavy atom. The maximum absolute atomic E-state index is 13.5. The lowest BCUT2D eigenvalue weighted by atomic mass is 10.1. The number of halogens is 1. The quantitative estimate of drug-likeness (QED) is 0.846. The van der Waals surface area contributed by atoms with Crippen molar-refractivity contribution >= 4 is 5.69 Å². The average Bonchev–Trinajstić information content (AvgIpc) is 2.38. The van der Waals surface area contributed by atoms with Gasteiger partial charge in [0.1, 0.15) is 17.4 Å². The summed E-state index contributed by atoms with van der Waals surface area (Å²) in [6.45, 7) is 2.45. The number of benzene rings is 1. The van der Waals surface area contributed by atoms with Gasteiger partial charge in [0.05, 0.1) is 17.9 Å². The van der Waals surface area contributed by atoms with Crippen molar-refractivity contribution in [2.24, 2.45) is 0 Å². The normalized spacial score (nSPS) is 10.0. The second-order valence-electron chi connectivity index (χ2n) is 4.37. The molecule has 2 aromatic rings. The van der Waals surface area contributed by atoms with E-state index >= 15 is 0 Å². The number of nitrogens with zero attached hydrogens (tertiary/aromatic N) is 3. The Kier molecular flexibility index (Phi) is 3.76. The van der Waals surface area contributed by atoms with Crippen molar-refractivity contribution < 1.29 is 4.39 Å². The van der Waals surface area contributed by atoms with Crippen molar-refractivity contribution in [3.8, 4) is 6.07 Å². The Morgan fingerprint density at radius 2 is 2.00 bits per heavy atom. The molecule has 1 aromatic carbocycles. The van der Waals surface area contributed by atoms with Crippen LogP contribution in [-0.4, -0.2) is 12.0 Å². The standard InChI is InChI=1S/C15H14FN3/c1-11-5-3-6-12(18-11)10-19(2)15-8-4-7-14(16)13(15)9-17/h3-8H,10H2,1-2H3. The molecule has 96 valence electrons. The number of rotatable bonds is 3. The molecule has 19 heavy (non-hydrogen) atoms. The predicted octanol–water partition coefficient (Wildman–Crippen LogP) is 3.04. The molecule has 1 aromatic heterocycles. The minimum atomic E-state index is -0.496. The highest BCUT2D eigenvalue weighted by Gasteiger charge is 2.12. The maximum Gasteiger partial charge on any atom is 0.143 e. The first-order chi connectivity index (χ1) is 9.11. The zero-order valence-electron chi connectivity index (χ0n) is 10.9. The van der Waals surface area contributed by atoms with Gasteiger partial charge in [0.15, 0.2) is 0 Å². The second kappa shape index (κ2) is 5.49. The Hall–Kier alpha value is -2.41. The van der Waals surface area contributed by atoms with E-state index in [1.54, 1.807) is 12.1 Å². The van der Waals surface area contributed by atoms with Gasteiger partial charge in [-0.1, -0.05) is 12.1 Å². The van der Waals surface area contributed by atoms with Crippen molar-refractivity contribution in [1.29, 1.82) is 5.26 Å². The zero-order chi connectivity index (χ0) is 13.8. The molecule has 0 bridgehead atoms. The van der Waals surface area contributed by atoms with E-state index in [1.807, 2.05) is 43.1 Å². The van der Waals surface area contributed by atoms with Crippen LogP contribution in [0.4, 0.5) is 10.1 Å². The molecule has 0 N–H and O–H groups in total. The lowest BCUT2D eigenvalue weighted by Crippen LogP contribution is -2.19. The topological polar surface area (TPSA) is 39.9 Å². The first-order valence-corrected chi connectivity index (χ1v) is 5.94. The highest BCUT2D eigenvalue weighted by Crippen LogP contribution is 2.22. The molecule has 1 heterocycles. The molecule has 0 spiro atoms. The molecule has 0 saturated carbocycles. The minimum absolute atomic E-state index is 0.0673. The third-order valence-electron chi connectivity index (χ3n) is 2.86. The molecule has 0 aliphatic carbocycles. The largest absolute Gasteiger partial charge is 0.368 e. The molecule has 0 atom stereocenters. The van der Waals surface area contributed by atoms with E-state index in [9.17, 15) is 4.39 Å². The van der Waals surface area contributed by atoms with Gasteiger partial charge in [-0.05, 0) is 31.2 Å². The van der Waals surface area contributed by atoms with Crippen molar-refractivity contribution in [3.63, 3.8) is 0 Å². The fourth-order valence-electron chi connectivity index (χ4n) is 1.96. The Balaban J connectivity index is 2.28. The van der Waals surface area contributed by atoms with Crippen molar-refractivity contribution in [2.75, 3.05) is 11.9 Å². The van der Waals surface area contributed by atoms with Crippen molar-refractivity contribution in [3.05, 3.63) is 59.2 Å². The number of nitriles is 1. The molecule has 0 saturated heterocycles. The van der Waals surface area contributed by atoms with Gasteiger partial charge in [-0.2, -0.15) is 5.26 Å². The lowest BCUT2D eigenvalue weighted by molar-refractivity contribution is 0.623. The van der Waals surface area contributed by atoms with Crippen LogP contribution in [0.15, 0.2) is 36.4 Å². The number of pyridine rings is 1. The summed E-state index contributed by atoms with van der Waals surface area (Å²) in [5, 5.41) is 9.03. The summed E-state index contributed by atoms with van der Waals surface area (Å²) in [5.41, 5.74) is 2.46. The van der Waals surface area contributed by atoms with Crippen molar-refractivity contribution in [1.82, 2.24) is 4.98 Å². The molecule has 2 rings (SSSR count).